The van der Waals surface area contributed by atoms with Crippen LogP contribution in [-0.2, 0) is 0 Å². The zero-order valence-corrected chi connectivity index (χ0v) is 10.7. The fourth-order valence-corrected chi connectivity index (χ4v) is 3.15. The minimum Gasteiger partial charge on any atom is -0.306 e. The van der Waals surface area contributed by atoms with Gasteiger partial charge >= 0.3 is 0 Å². The summed E-state index contributed by atoms with van der Waals surface area (Å²) < 4.78 is 2.44. The summed E-state index contributed by atoms with van der Waals surface area (Å²) in [6.07, 6.45) is 5.76. The van der Waals surface area contributed by atoms with E-state index in [0.29, 0.717) is 0 Å². The highest BCUT2D eigenvalue weighted by molar-refractivity contribution is 14.1. The van der Waals surface area contributed by atoms with Crippen LogP contribution >= 0.6 is 22.9 Å². The highest BCUT2D eigenvalue weighted by atomic mass is 127. The number of halogens is 1. The Morgan fingerprint density at radius 1 is 1.23 bits per heavy atom. The summed E-state index contributed by atoms with van der Waals surface area (Å²) in [5, 5.41) is 0. The number of hydrogen-bond acceptors (Lipinski definition) is 2. The molecule has 3 heteroatoms. The number of piperidine rings is 1. The number of rotatable bonds is 1. The third kappa shape index (κ3) is 2.02. The van der Waals surface area contributed by atoms with E-state index in [9.17, 15) is 0 Å². The topological polar surface area (TPSA) is 6.48 Å². The lowest BCUT2D eigenvalue weighted by atomic mass is 9.60. The Kier molecular flexibility index (Phi) is 2.87. The van der Waals surface area contributed by atoms with E-state index in [1.807, 2.05) is 0 Å². The van der Waals surface area contributed by atoms with Crippen molar-refractivity contribution in [2.45, 2.75) is 31.7 Å². The maximum absolute atomic E-state index is 2.46. The first-order valence-corrected chi connectivity index (χ1v) is 6.15. The van der Waals surface area contributed by atoms with E-state index in [4.69, 9.17) is 0 Å². The smallest absolute Gasteiger partial charge is 0.0201 e. The van der Waals surface area contributed by atoms with Crippen molar-refractivity contribution in [1.82, 2.24) is 8.01 Å². The molecule has 1 saturated heterocycles. The molecule has 1 heterocycles. The maximum atomic E-state index is 2.46. The molecule has 2 rings (SSSR count). The van der Waals surface area contributed by atoms with E-state index in [1.165, 1.54) is 38.8 Å². The summed E-state index contributed by atoms with van der Waals surface area (Å²) in [7, 11) is 4.43. The molecule has 1 saturated carbocycles. The SMILES string of the molecule is CN(C)C1CC2(CCN(I)CC2)C1. The average molecular weight is 294 g/mol. The predicted molar refractivity (Wildman–Crippen MR) is 64.0 cm³/mol. The van der Waals surface area contributed by atoms with Gasteiger partial charge in [-0.15, -0.1) is 0 Å². The molecule has 2 aliphatic rings. The Morgan fingerprint density at radius 2 is 1.77 bits per heavy atom. The normalized spacial score (nSPS) is 29.5. The molecule has 0 aromatic carbocycles. The van der Waals surface area contributed by atoms with Crippen LogP contribution in [0.1, 0.15) is 25.7 Å². The largest absolute Gasteiger partial charge is 0.306 e. The van der Waals surface area contributed by atoms with Crippen molar-refractivity contribution in [3.05, 3.63) is 0 Å². The Bertz CT molecular complexity index is 177. The second-order valence-corrected chi connectivity index (χ2v) is 6.30. The maximum Gasteiger partial charge on any atom is 0.0201 e. The first kappa shape index (κ1) is 10.2. The highest BCUT2D eigenvalue weighted by Crippen LogP contribution is 2.50. The Morgan fingerprint density at radius 3 is 2.23 bits per heavy atom. The first-order valence-electron chi connectivity index (χ1n) is 5.18. The van der Waals surface area contributed by atoms with Crippen molar-refractivity contribution >= 4 is 22.9 Å². The van der Waals surface area contributed by atoms with Crippen molar-refractivity contribution in [3.63, 3.8) is 0 Å². The molecule has 0 atom stereocenters. The van der Waals surface area contributed by atoms with Crippen LogP contribution in [0.5, 0.6) is 0 Å². The molecule has 76 valence electrons. The summed E-state index contributed by atoms with van der Waals surface area (Å²) in [6, 6.07) is 0.876. The van der Waals surface area contributed by atoms with Gasteiger partial charge in [0.1, 0.15) is 0 Å². The summed E-state index contributed by atoms with van der Waals surface area (Å²) in [4.78, 5) is 2.39. The Hall–Kier alpha value is 0.650. The van der Waals surface area contributed by atoms with Crippen LogP contribution in [0.3, 0.4) is 0 Å². The molecule has 1 spiro atoms. The summed E-state index contributed by atoms with van der Waals surface area (Å²) in [5.41, 5.74) is 0.747. The van der Waals surface area contributed by atoms with E-state index in [1.54, 1.807) is 0 Å². The van der Waals surface area contributed by atoms with Crippen molar-refractivity contribution in [2.24, 2.45) is 5.41 Å². The third-order valence-electron chi connectivity index (χ3n) is 3.84. The molecule has 0 unspecified atom stereocenters. The van der Waals surface area contributed by atoms with Crippen LogP contribution in [0.25, 0.3) is 0 Å². The number of hydrogen-bond donors (Lipinski definition) is 0. The fourth-order valence-electron chi connectivity index (χ4n) is 2.67. The lowest BCUT2D eigenvalue weighted by molar-refractivity contribution is -0.00939. The van der Waals surface area contributed by atoms with Gasteiger partial charge in [0.2, 0.25) is 0 Å². The van der Waals surface area contributed by atoms with Gasteiger partial charge in [0.05, 0.1) is 0 Å². The van der Waals surface area contributed by atoms with Crippen LogP contribution in [0.4, 0.5) is 0 Å². The Balaban J connectivity index is 1.83. The standard InChI is InChI=1S/C10H19IN2/c1-12(2)9-7-10(8-9)3-5-13(11)6-4-10/h9H,3-8H2,1-2H3. The molecule has 13 heavy (non-hydrogen) atoms. The molecule has 1 aliphatic heterocycles. The van der Waals surface area contributed by atoms with Crippen LogP contribution in [0.15, 0.2) is 0 Å². The molecule has 0 radical (unpaired) electrons. The van der Waals surface area contributed by atoms with Crippen LogP contribution in [0.2, 0.25) is 0 Å². The summed E-state index contributed by atoms with van der Waals surface area (Å²) >= 11 is 2.46. The number of nitrogens with zero attached hydrogens (tertiary/aromatic N) is 2. The zero-order valence-electron chi connectivity index (χ0n) is 8.59. The zero-order chi connectivity index (χ0) is 9.47. The molecule has 2 nitrogen and oxygen atoms in total. The van der Waals surface area contributed by atoms with Gasteiger partial charge in [-0.3, -0.25) is 0 Å². The van der Waals surface area contributed by atoms with Gasteiger partial charge < -0.3 is 4.90 Å². The van der Waals surface area contributed by atoms with Crippen LogP contribution in [0, 0.1) is 5.41 Å². The highest BCUT2D eigenvalue weighted by Gasteiger charge is 2.46. The van der Waals surface area contributed by atoms with Crippen LogP contribution in [-0.4, -0.2) is 41.2 Å². The van der Waals surface area contributed by atoms with E-state index in [-0.39, 0.29) is 0 Å². The lowest BCUT2D eigenvalue weighted by Gasteiger charge is -2.53. The van der Waals surface area contributed by atoms with Gasteiger partial charge in [0, 0.05) is 42.0 Å². The minimum absolute atomic E-state index is 0.747. The second kappa shape index (κ2) is 3.66. The van der Waals surface area contributed by atoms with Gasteiger partial charge in [-0.1, -0.05) is 0 Å². The average Bonchev–Trinajstić information content (AvgIpc) is 2.02. The molecule has 0 amide bonds. The second-order valence-electron chi connectivity index (χ2n) is 4.94. The molecule has 0 aromatic rings. The van der Waals surface area contributed by atoms with E-state index >= 15 is 0 Å². The molecule has 0 N–H and O–H groups in total. The van der Waals surface area contributed by atoms with Crippen molar-refractivity contribution < 1.29 is 0 Å². The molecule has 1 aliphatic carbocycles. The minimum atomic E-state index is 0.747. The van der Waals surface area contributed by atoms with Crippen molar-refractivity contribution in [3.8, 4) is 0 Å². The van der Waals surface area contributed by atoms with E-state index in [0.717, 1.165) is 11.5 Å². The van der Waals surface area contributed by atoms with Gasteiger partial charge in [0.25, 0.3) is 0 Å². The van der Waals surface area contributed by atoms with Gasteiger partial charge in [-0.05, 0) is 45.2 Å². The third-order valence-corrected chi connectivity index (χ3v) is 4.80. The summed E-state index contributed by atoms with van der Waals surface area (Å²) in [5.74, 6) is 0. The summed E-state index contributed by atoms with van der Waals surface area (Å²) in [6.45, 7) is 2.61. The molecule has 0 aromatic heterocycles. The van der Waals surface area contributed by atoms with E-state index < -0.39 is 0 Å². The first-order chi connectivity index (χ1) is 6.11. The molecular weight excluding hydrogens is 275 g/mol. The van der Waals surface area contributed by atoms with Crippen molar-refractivity contribution in [1.29, 1.82) is 0 Å². The fraction of sp³-hybridized carbons (Fsp3) is 1.00. The van der Waals surface area contributed by atoms with E-state index in [2.05, 4.69) is 45.0 Å². The quantitative estimate of drug-likeness (QED) is 0.540. The molecular formula is C10H19IN2. The predicted octanol–water partition coefficient (Wildman–Crippen LogP) is 2.14. The van der Waals surface area contributed by atoms with Crippen molar-refractivity contribution in [2.75, 3.05) is 27.2 Å². The van der Waals surface area contributed by atoms with Crippen LogP contribution < -0.4 is 0 Å². The monoisotopic (exact) mass is 294 g/mol. The molecule has 2 fully saturated rings. The Labute approximate surface area is 95.2 Å². The molecule has 0 bridgehead atoms. The van der Waals surface area contributed by atoms with Gasteiger partial charge in [-0.25, -0.2) is 3.11 Å². The van der Waals surface area contributed by atoms with Gasteiger partial charge in [-0.2, -0.15) is 0 Å². The van der Waals surface area contributed by atoms with Gasteiger partial charge in [0.15, 0.2) is 0 Å². The lowest BCUT2D eigenvalue weighted by Crippen LogP contribution is -2.52.